The number of fused-ring (bicyclic) bond motifs is 1. The van der Waals surface area contributed by atoms with Gasteiger partial charge >= 0.3 is 0 Å². The van der Waals surface area contributed by atoms with E-state index in [1.807, 2.05) is 0 Å². The Bertz CT molecular complexity index is 610. The molecule has 1 aliphatic heterocycles. The minimum Gasteiger partial charge on any atom is -0.356 e. The Morgan fingerprint density at radius 2 is 2.26 bits per heavy atom. The van der Waals surface area contributed by atoms with Crippen LogP contribution in [0.15, 0.2) is 18.2 Å². The van der Waals surface area contributed by atoms with Gasteiger partial charge < -0.3 is 10.6 Å². The number of benzene rings is 1. The molecule has 0 aliphatic carbocycles. The van der Waals surface area contributed by atoms with E-state index in [0.29, 0.717) is 30.4 Å². The van der Waals surface area contributed by atoms with Crippen LogP contribution in [0.3, 0.4) is 0 Å². The Balaban J connectivity index is 2.07. The SMILES string of the molecule is CNc1nc2n(n1)C(c1cc(F)ccc1F)CCN2. The Morgan fingerprint density at radius 1 is 1.42 bits per heavy atom. The smallest absolute Gasteiger partial charge is 0.243 e. The fraction of sp³-hybridized carbons (Fsp3) is 0.333. The molecule has 0 saturated carbocycles. The van der Waals surface area contributed by atoms with Crippen molar-refractivity contribution in [1.29, 1.82) is 0 Å². The highest BCUT2D eigenvalue weighted by atomic mass is 19.1. The van der Waals surface area contributed by atoms with Gasteiger partial charge in [0.25, 0.3) is 0 Å². The fourth-order valence-corrected chi connectivity index (χ4v) is 2.27. The van der Waals surface area contributed by atoms with E-state index >= 15 is 0 Å². The quantitative estimate of drug-likeness (QED) is 0.872. The van der Waals surface area contributed by atoms with Crippen LogP contribution in [0.1, 0.15) is 18.0 Å². The lowest BCUT2D eigenvalue weighted by Crippen LogP contribution is -2.25. The summed E-state index contributed by atoms with van der Waals surface area (Å²) in [4.78, 5) is 4.21. The molecular formula is C12H13F2N5. The molecule has 2 heterocycles. The molecule has 1 aromatic heterocycles. The molecule has 5 nitrogen and oxygen atoms in total. The molecule has 2 N–H and O–H groups in total. The van der Waals surface area contributed by atoms with Crippen LogP contribution in [-0.4, -0.2) is 28.4 Å². The third-order valence-corrected chi connectivity index (χ3v) is 3.17. The third kappa shape index (κ3) is 2.00. The molecule has 1 unspecified atom stereocenters. The first-order valence-corrected chi connectivity index (χ1v) is 6.02. The van der Waals surface area contributed by atoms with Gasteiger partial charge in [-0.1, -0.05) is 0 Å². The van der Waals surface area contributed by atoms with Crippen LogP contribution < -0.4 is 10.6 Å². The molecule has 19 heavy (non-hydrogen) atoms. The maximum Gasteiger partial charge on any atom is 0.243 e. The van der Waals surface area contributed by atoms with E-state index in [0.717, 1.165) is 12.1 Å². The fourth-order valence-electron chi connectivity index (χ4n) is 2.27. The Hall–Kier alpha value is -2.18. The van der Waals surface area contributed by atoms with Gasteiger partial charge in [0.15, 0.2) is 0 Å². The molecule has 0 bridgehead atoms. The summed E-state index contributed by atoms with van der Waals surface area (Å²) in [6, 6.07) is 3.13. The molecule has 1 aliphatic rings. The predicted molar refractivity (Wildman–Crippen MR) is 67.2 cm³/mol. The lowest BCUT2D eigenvalue weighted by Gasteiger charge is -2.24. The monoisotopic (exact) mass is 265 g/mol. The summed E-state index contributed by atoms with van der Waals surface area (Å²) in [5, 5.41) is 10.2. The highest BCUT2D eigenvalue weighted by molar-refractivity contribution is 5.39. The van der Waals surface area contributed by atoms with Gasteiger partial charge in [0, 0.05) is 19.2 Å². The van der Waals surface area contributed by atoms with Crippen LogP contribution in [0.25, 0.3) is 0 Å². The molecule has 2 aromatic rings. The van der Waals surface area contributed by atoms with Crippen molar-refractivity contribution in [3.63, 3.8) is 0 Å². The van der Waals surface area contributed by atoms with Crippen molar-refractivity contribution in [3.05, 3.63) is 35.4 Å². The van der Waals surface area contributed by atoms with Crippen LogP contribution in [0.4, 0.5) is 20.7 Å². The zero-order valence-corrected chi connectivity index (χ0v) is 10.3. The number of halogens is 2. The summed E-state index contributed by atoms with van der Waals surface area (Å²) in [6.07, 6.45) is 0.625. The molecular weight excluding hydrogens is 252 g/mol. The van der Waals surface area contributed by atoms with E-state index < -0.39 is 11.6 Å². The number of nitrogens with zero attached hydrogens (tertiary/aromatic N) is 3. The predicted octanol–water partition coefficient (Wildman–Crippen LogP) is 2.00. The van der Waals surface area contributed by atoms with Gasteiger partial charge in [0.05, 0.1) is 6.04 Å². The molecule has 100 valence electrons. The van der Waals surface area contributed by atoms with E-state index in [4.69, 9.17) is 0 Å². The molecule has 0 radical (unpaired) electrons. The third-order valence-electron chi connectivity index (χ3n) is 3.17. The molecule has 0 spiro atoms. The normalized spacial score (nSPS) is 17.7. The first-order valence-electron chi connectivity index (χ1n) is 6.02. The minimum atomic E-state index is -0.453. The second kappa shape index (κ2) is 4.49. The van der Waals surface area contributed by atoms with Gasteiger partial charge in [0.1, 0.15) is 11.6 Å². The summed E-state index contributed by atoms with van der Waals surface area (Å²) in [5.74, 6) is 0.127. The second-order valence-electron chi connectivity index (χ2n) is 4.35. The van der Waals surface area contributed by atoms with Crippen molar-refractivity contribution in [3.8, 4) is 0 Å². The summed E-state index contributed by atoms with van der Waals surface area (Å²) in [7, 11) is 1.71. The Kier molecular flexibility index (Phi) is 2.81. The Labute approximate surface area is 108 Å². The van der Waals surface area contributed by atoms with Crippen LogP contribution in [0.2, 0.25) is 0 Å². The van der Waals surface area contributed by atoms with E-state index in [9.17, 15) is 8.78 Å². The average Bonchev–Trinajstić information content (AvgIpc) is 2.84. The maximum atomic E-state index is 13.9. The van der Waals surface area contributed by atoms with Gasteiger partial charge in [-0.05, 0) is 24.6 Å². The maximum absolute atomic E-state index is 13.9. The van der Waals surface area contributed by atoms with Gasteiger partial charge in [0.2, 0.25) is 11.9 Å². The molecule has 0 fully saturated rings. The van der Waals surface area contributed by atoms with Crippen LogP contribution in [-0.2, 0) is 0 Å². The van der Waals surface area contributed by atoms with Crippen molar-refractivity contribution in [2.45, 2.75) is 12.5 Å². The van der Waals surface area contributed by atoms with Crippen molar-refractivity contribution >= 4 is 11.9 Å². The van der Waals surface area contributed by atoms with Gasteiger partial charge in [-0.3, -0.25) is 0 Å². The van der Waals surface area contributed by atoms with Crippen LogP contribution >= 0.6 is 0 Å². The van der Waals surface area contributed by atoms with Crippen LogP contribution in [0.5, 0.6) is 0 Å². The summed E-state index contributed by atoms with van der Waals surface area (Å²) in [6.45, 7) is 0.641. The number of nitrogens with one attached hydrogen (secondary N) is 2. The van der Waals surface area contributed by atoms with Crippen LogP contribution in [0, 0.1) is 11.6 Å². The molecule has 0 saturated heterocycles. The van der Waals surface area contributed by atoms with E-state index in [1.165, 1.54) is 6.07 Å². The highest BCUT2D eigenvalue weighted by Gasteiger charge is 2.26. The standard InChI is InChI=1S/C12H13F2N5/c1-15-11-17-12-16-5-4-10(19(12)18-11)8-6-7(13)2-3-9(8)14/h2-3,6,10H,4-5H2,1H3,(H2,15,16,17,18). The number of hydrogen-bond acceptors (Lipinski definition) is 4. The molecule has 1 atom stereocenters. The summed E-state index contributed by atoms with van der Waals surface area (Å²) < 4.78 is 28.8. The van der Waals surface area contributed by atoms with Gasteiger partial charge in [-0.25, -0.2) is 13.5 Å². The summed E-state index contributed by atoms with van der Waals surface area (Å²) in [5.41, 5.74) is 0.301. The van der Waals surface area contributed by atoms with Crippen molar-refractivity contribution in [2.24, 2.45) is 0 Å². The molecule has 3 rings (SSSR count). The van der Waals surface area contributed by atoms with E-state index in [-0.39, 0.29) is 6.04 Å². The second-order valence-corrected chi connectivity index (χ2v) is 4.35. The minimum absolute atomic E-state index is 0.301. The average molecular weight is 265 g/mol. The van der Waals surface area contributed by atoms with Crippen molar-refractivity contribution in [1.82, 2.24) is 14.8 Å². The number of rotatable bonds is 2. The number of aromatic nitrogens is 3. The lowest BCUT2D eigenvalue weighted by molar-refractivity contribution is 0.454. The van der Waals surface area contributed by atoms with E-state index in [2.05, 4.69) is 20.7 Å². The van der Waals surface area contributed by atoms with E-state index in [1.54, 1.807) is 11.7 Å². The van der Waals surface area contributed by atoms with Crippen molar-refractivity contribution < 1.29 is 8.78 Å². The first kappa shape index (κ1) is 11.9. The zero-order chi connectivity index (χ0) is 13.4. The first-order chi connectivity index (χ1) is 9.19. The number of hydrogen-bond donors (Lipinski definition) is 2. The summed E-state index contributed by atoms with van der Waals surface area (Å²) >= 11 is 0. The molecule has 1 aromatic carbocycles. The van der Waals surface area contributed by atoms with Gasteiger partial charge in [-0.2, -0.15) is 4.98 Å². The molecule has 0 amide bonds. The zero-order valence-electron chi connectivity index (χ0n) is 10.3. The highest BCUT2D eigenvalue weighted by Crippen LogP contribution is 2.30. The largest absolute Gasteiger partial charge is 0.356 e. The lowest BCUT2D eigenvalue weighted by atomic mass is 10.0. The Morgan fingerprint density at radius 3 is 3.05 bits per heavy atom. The topological polar surface area (TPSA) is 54.8 Å². The number of anilines is 2. The van der Waals surface area contributed by atoms with Gasteiger partial charge in [-0.15, -0.1) is 5.10 Å². The van der Waals surface area contributed by atoms with Crippen molar-refractivity contribution in [2.75, 3.05) is 24.2 Å². The molecule has 7 heteroatoms.